The second-order valence-electron chi connectivity index (χ2n) is 4.53. The molecule has 0 aromatic carbocycles. The zero-order chi connectivity index (χ0) is 9.97. The van der Waals surface area contributed by atoms with E-state index < -0.39 is 0 Å². The fraction of sp³-hybridized carbons (Fsp3) is 1.00. The van der Waals surface area contributed by atoms with Gasteiger partial charge in [0.1, 0.15) is 0 Å². The average Bonchev–Trinajstić information content (AvgIpc) is 2.56. The maximum atomic E-state index is 6.14. The van der Waals surface area contributed by atoms with Gasteiger partial charge in [0.25, 0.3) is 0 Å². The van der Waals surface area contributed by atoms with Crippen LogP contribution in [0.15, 0.2) is 0 Å². The lowest BCUT2D eigenvalue weighted by Gasteiger charge is -2.30. The first-order valence-corrected chi connectivity index (χ1v) is 6.74. The molecule has 0 aromatic rings. The Bertz CT molecular complexity index is 188. The van der Waals surface area contributed by atoms with Gasteiger partial charge >= 0.3 is 0 Å². The van der Waals surface area contributed by atoms with Gasteiger partial charge in [-0.25, -0.2) is 0 Å². The fourth-order valence-corrected chi connectivity index (χ4v) is 4.03. The Hall–Kier alpha value is 0.270. The summed E-state index contributed by atoms with van der Waals surface area (Å²) in [6.07, 6.45) is 6.89. The molecule has 1 saturated carbocycles. The van der Waals surface area contributed by atoms with Crippen molar-refractivity contribution in [2.75, 3.05) is 6.61 Å². The Morgan fingerprint density at radius 3 is 2.57 bits per heavy atom. The van der Waals surface area contributed by atoms with Crippen molar-refractivity contribution in [3.8, 4) is 0 Å². The van der Waals surface area contributed by atoms with E-state index in [4.69, 9.17) is 10.5 Å². The molecule has 0 spiro atoms. The SMILES string of the molecule is CC1OCCC1SC1CCCCC1N. The number of rotatable bonds is 2. The zero-order valence-electron chi connectivity index (χ0n) is 8.95. The molecular weight excluding hydrogens is 194 g/mol. The summed E-state index contributed by atoms with van der Waals surface area (Å²) in [4.78, 5) is 0. The van der Waals surface area contributed by atoms with Crippen LogP contribution in [0.4, 0.5) is 0 Å². The molecule has 0 bridgehead atoms. The summed E-state index contributed by atoms with van der Waals surface area (Å²) in [5.74, 6) is 0. The molecule has 82 valence electrons. The van der Waals surface area contributed by atoms with Crippen molar-refractivity contribution in [2.45, 2.75) is 61.7 Å². The molecule has 2 rings (SSSR count). The smallest absolute Gasteiger partial charge is 0.0666 e. The van der Waals surface area contributed by atoms with Crippen molar-refractivity contribution < 1.29 is 4.74 Å². The minimum atomic E-state index is 0.432. The summed E-state index contributed by atoms with van der Waals surface area (Å²) in [6, 6.07) is 0.432. The van der Waals surface area contributed by atoms with E-state index in [0.29, 0.717) is 22.6 Å². The van der Waals surface area contributed by atoms with Gasteiger partial charge < -0.3 is 10.5 Å². The van der Waals surface area contributed by atoms with Crippen molar-refractivity contribution in [3.05, 3.63) is 0 Å². The topological polar surface area (TPSA) is 35.2 Å². The Balaban J connectivity index is 1.83. The molecule has 4 atom stereocenters. The van der Waals surface area contributed by atoms with Crippen molar-refractivity contribution >= 4 is 11.8 Å². The highest BCUT2D eigenvalue weighted by atomic mass is 32.2. The van der Waals surface area contributed by atoms with Crippen molar-refractivity contribution in [3.63, 3.8) is 0 Å². The average molecular weight is 215 g/mol. The van der Waals surface area contributed by atoms with Gasteiger partial charge in [0.2, 0.25) is 0 Å². The van der Waals surface area contributed by atoms with Gasteiger partial charge in [-0.2, -0.15) is 11.8 Å². The van der Waals surface area contributed by atoms with Crippen molar-refractivity contribution in [1.82, 2.24) is 0 Å². The minimum Gasteiger partial charge on any atom is -0.377 e. The molecule has 1 aliphatic heterocycles. The summed E-state index contributed by atoms with van der Waals surface area (Å²) in [5, 5.41) is 1.39. The Morgan fingerprint density at radius 2 is 1.93 bits per heavy atom. The van der Waals surface area contributed by atoms with E-state index in [1.54, 1.807) is 0 Å². The molecule has 2 fully saturated rings. The number of hydrogen-bond acceptors (Lipinski definition) is 3. The van der Waals surface area contributed by atoms with E-state index >= 15 is 0 Å². The molecule has 3 heteroatoms. The molecule has 1 saturated heterocycles. The lowest BCUT2D eigenvalue weighted by molar-refractivity contribution is 0.127. The molecular formula is C11H21NOS. The monoisotopic (exact) mass is 215 g/mol. The summed E-state index contributed by atoms with van der Waals surface area (Å²) >= 11 is 2.09. The summed E-state index contributed by atoms with van der Waals surface area (Å²) in [5.41, 5.74) is 6.14. The summed E-state index contributed by atoms with van der Waals surface area (Å²) < 4.78 is 5.58. The predicted molar refractivity (Wildman–Crippen MR) is 61.6 cm³/mol. The van der Waals surface area contributed by atoms with Gasteiger partial charge in [-0.15, -0.1) is 0 Å². The first-order valence-electron chi connectivity index (χ1n) is 5.80. The van der Waals surface area contributed by atoms with E-state index in [1.165, 1.54) is 32.1 Å². The third-order valence-corrected chi connectivity index (χ3v) is 5.31. The van der Waals surface area contributed by atoms with E-state index in [-0.39, 0.29) is 0 Å². The van der Waals surface area contributed by atoms with Crippen molar-refractivity contribution in [1.29, 1.82) is 0 Å². The lowest BCUT2D eigenvalue weighted by Crippen LogP contribution is -2.37. The van der Waals surface area contributed by atoms with Crippen LogP contribution < -0.4 is 5.73 Å². The maximum absolute atomic E-state index is 6.14. The Morgan fingerprint density at radius 1 is 1.14 bits per heavy atom. The van der Waals surface area contributed by atoms with E-state index in [2.05, 4.69) is 18.7 Å². The lowest BCUT2D eigenvalue weighted by atomic mass is 9.96. The molecule has 0 aromatic heterocycles. The largest absolute Gasteiger partial charge is 0.377 e. The number of hydrogen-bond donors (Lipinski definition) is 1. The third-order valence-electron chi connectivity index (χ3n) is 3.41. The van der Waals surface area contributed by atoms with Crippen LogP contribution in [0.2, 0.25) is 0 Å². The standard InChI is InChI=1S/C11H21NOS/c1-8-10(6-7-13-8)14-11-5-3-2-4-9(11)12/h8-11H,2-7,12H2,1H3. The Labute approximate surface area is 91.0 Å². The number of thioether (sulfide) groups is 1. The first-order chi connectivity index (χ1) is 6.77. The Kier molecular flexibility index (Phi) is 3.74. The van der Waals surface area contributed by atoms with E-state index in [1.807, 2.05) is 0 Å². The molecule has 1 heterocycles. The molecule has 2 aliphatic rings. The van der Waals surface area contributed by atoms with Crippen LogP contribution >= 0.6 is 11.8 Å². The van der Waals surface area contributed by atoms with Gasteiger partial charge in [0.05, 0.1) is 6.10 Å². The molecule has 1 aliphatic carbocycles. The molecule has 4 unspecified atom stereocenters. The molecule has 2 nitrogen and oxygen atoms in total. The van der Waals surface area contributed by atoms with Gasteiger partial charge in [-0.05, 0) is 26.2 Å². The van der Waals surface area contributed by atoms with Gasteiger partial charge in [0, 0.05) is 23.1 Å². The first kappa shape index (κ1) is 10.8. The third kappa shape index (κ3) is 2.44. The molecule has 14 heavy (non-hydrogen) atoms. The molecule has 2 N–H and O–H groups in total. The second kappa shape index (κ2) is 4.86. The highest BCUT2D eigenvalue weighted by molar-refractivity contribution is 8.00. The summed E-state index contributed by atoms with van der Waals surface area (Å²) in [6.45, 7) is 3.14. The minimum absolute atomic E-state index is 0.432. The second-order valence-corrected chi connectivity index (χ2v) is 6.01. The van der Waals surface area contributed by atoms with Crippen LogP contribution in [-0.4, -0.2) is 29.3 Å². The predicted octanol–water partition coefficient (Wildman–Crippen LogP) is 2.17. The molecule has 0 radical (unpaired) electrons. The van der Waals surface area contributed by atoms with Crippen LogP contribution in [0.5, 0.6) is 0 Å². The zero-order valence-corrected chi connectivity index (χ0v) is 9.76. The molecule has 0 amide bonds. The van der Waals surface area contributed by atoms with Gasteiger partial charge in [0.15, 0.2) is 0 Å². The van der Waals surface area contributed by atoms with E-state index in [9.17, 15) is 0 Å². The van der Waals surface area contributed by atoms with Crippen LogP contribution in [-0.2, 0) is 4.74 Å². The number of ether oxygens (including phenoxy) is 1. The highest BCUT2D eigenvalue weighted by Gasteiger charge is 2.31. The van der Waals surface area contributed by atoms with Crippen LogP contribution in [0.25, 0.3) is 0 Å². The fourth-order valence-electron chi connectivity index (χ4n) is 2.41. The van der Waals surface area contributed by atoms with Crippen LogP contribution in [0, 0.1) is 0 Å². The normalized spacial score (nSPS) is 44.1. The van der Waals surface area contributed by atoms with Gasteiger partial charge in [-0.1, -0.05) is 12.8 Å². The van der Waals surface area contributed by atoms with Gasteiger partial charge in [-0.3, -0.25) is 0 Å². The highest BCUT2D eigenvalue weighted by Crippen LogP contribution is 2.35. The number of nitrogens with two attached hydrogens (primary N) is 1. The van der Waals surface area contributed by atoms with Crippen molar-refractivity contribution in [2.24, 2.45) is 5.73 Å². The van der Waals surface area contributed by atoms with Crippen LogP contribution in [0.1, 0.15) is 39.0 Å². The van der Waals surface area contributed by atoms with Crippen LogP contribution in [0.3, 0.4) is 0 Å². The quantitative estimate of drug-likeness (QED) is 0.766. The van der Waals surface area contributed by atoms with E-state index in [0.717, 1.165) is 6.61 Å². The maximum Gasteiger partial charge on any atom is 0.0666 e. The summed E-state index contributed by atoms with van der Waals surface area (Å²) in [7, 11) is 0.